The largest absolute Gasteiger partial charge is 0.306 e. The second-order valence-electron chi connectivity index (χ2n) is 4.54. The average molecular weight is 295 g/mol. The van der Waals surface area contributed by atoms with Crippen molar-refractivity contribution in [2.24, 2.45) is 0 Å². The Morgan fingerprint density at radius 2 is 1.90 bits per heavy atom. The van der Waals surface area contributed by atoms with Crippen molar-refractivity contribution in [3.8, 4) is 10.6 Å². The number of carbonyl (C=O) groups excluding carboxylic acids is 1. The molecule has 0 saturated heterocycles. The maximum atomic E-state index is 12.2. The van der Waals surface area contributed by atoms with Crippen LogP contribution in [-0.4, -0.2) is 15.9 Å². The third kappa shape index (κ3) is 2.98. The SMILES string of the molecule is Cc1ccccc1C(=O)Nc1csc(-c2ccncc2)n1. The second-order valence-corrected chi connectivity index (χ2v) is 5.40. The first-order valence-corrected chi connectivity index (χ1v) is 7.35. The molecule has 21 heavy (non-hydrogen) atoms. The van der Waals surface area contributed by atoms with Gasteiger partial charge in [-0.3, -0.25) is 9.78 Å². The van der Waals surface area contributed by atoms with Crippen molar-refractivity contribution in [2.75, 3.05) is 5.32 Å². The van der Waals surface area contributed by atoms with Crippen molar-refractivity contribution >= 4 is 23.1 Å². The number of benzene rings is 1. The van der Waals surface area contributed by atoms with Gasteiger partial charge in [0.15, 0.2) is 0 Å². The molecule has 1 amide bonds. The highest BCUT2D eigenvalue weighted by Crippen LogP contribution is 2.25. The molecule has 0 spiro atoms. The summed E-state index contributed by atoms with van der Waals surface area (Å²) in [6.45, 7) is 1.92. The lowest BCUT2D eigenvalue weighted by atomic mass is 10.1. The number of aromatic nitrogens is 2. The van der Waals surface area contributed by atoms with E-state index in [9.17, 15) is 4.79 Å². The highest BCUT2D eigenvalue weighted by molar-refractivity contribution is 7.13. The predicted octanol–water partition coefficient (Wildman–Crippen LogP) is 3.77. The van der Waals surface area contributed by atoms with E-state index < -0.39 is 0 Å². The Balaban J connectivity index is 1.79. The number of carbonyl (C=O) groups is 1. The van der Waals surface area contributed by atoms with Gasteiger partial charge in [-0.25, -0.2) is 4.98 Å². The molecule has 3 rings (SSSR count). The van der Waals surface area contributed by atoms with E-state index in [-0.39, 0.29) is 5.91 Å². The van der Waals surface area contributed by atoms with Crippen LogP contribution >= 0.6 is 11.3 Å². The lowest BCUT2D eigenvalue weighted by Crippen LogP contribution is -2.13. The molecule has 0 aliphatic rings. The Labute approximate surface area is 126 Å². The second kappa shape index (κ2) is 5.85. The number of pyridine rings is 1. The van der Waals surface area contributed by atoms with E-state index in [0.717, 1.165) is 16.1 Å². The molecule has 0 fully saturated rings. The van der Waals surface area contributed by atoms with E-state index >= 15 is 0 Å². The summed E-state index contributed by atoms with van der Waals surface area (Å²) in [7, 11) is 0. The minimum atomic E-state index is -0.139. The fourth-order valence-electron chi connectivity index (χ4n) is 1.97. The van der Waals surface area contributed by atoms with Gasteiger partial charge in [-0.2, -0.15) is 0 Å². The van der Waals surface area contributed by atoms with Crippen LogP contribution in [0.1, 0.15) is 15.9 Å². The summed E-state index contributed by atoms with van der Waals surface area (Å²) in [5.41, 5.74) is 2.60. The number of hydrogen-bond donors (Lipinski definition) is 1. The van der Waals surface area contributed by atoms with Crippen molar-refractivity contribution in [2.45, 2.75) is 6.92 Å². The molecule has 5 heteroatoms. The predicted molar refractivity (Wildman–Crippen MR) is 84.5 cm³/mol. The maximum Gasteiger partial charge on any atom is 0.257 e. The number of nitrogens with one attached hydrogen (secondary N) is 1. The van der Waals surface area contributed by atoms with Crippen molar-refractivity contribution < 1.29 is 4.79 Å². The van der Waals surface area contributed by atoms with E-state index in [2.05, 4.69) is 15.3 Å². The van der Waals surface area contributed by atoms with Crippen LogP contribution in [0, 0.1) is 6.92 Å². The zero-order chi connectivity index (χ0) is 14.7. The smallest absolute Gasteiger partial charge is 0.257 e. The molecule has 0 radical (unpaired) electrons. The number of thiazole rings is 1. The highest BCUT2D eigenvalue weighted by atomic mass is 32.1. The van der Waals surface area contributed by atoms with Crippen LogP contribution in [-0.2, 0) is 0 Å². The van der Waals surface area contributed by atoms with Gasteiger partial charge < -0.3 is 5.32 Å². The zero-order valence-electron chi connectivity index (χ0n) is 11.4. The summed E-state index contributed by atoms with van der Waals surface area (Å²) < 4.78 is 0. The molecule has 0 aliphatic carbocycles. The van der Waals surface area contributed by atoms with Crippen molar-refractivity contribution in [1.82, 2.24) is 9.97 Å². The van der Waals surface area contributed by atoms with E-state index in [1.807, 2.05) is 42.6 Å². The lowest BCUT2D eigenvalue weighted by Gasteiger charge is -2.04. The monoisotopic (exact) mass is 295 g/mol. The summed E-state index contributed by atoms with van der Waals surface area (Å²) in [5, 5.41) is 5.53. The molecule has 1 aromatic carbocycles. The quantitative estimate of drug-likeness (QED) is 0.800. The third-order valence-electron chi connectivity index (χ3n) is 3.06. The first-order chi connectivity index (χ1) is 10.2. The molecular weight excluding hydrogens is 282 g/mol. The molecule has 0 bridgehead atoms. The summed E-state index contributed by atoms with van der Waals surface area (Å²) >= 11 is 1.49. The van der Waals surface area contributed by atoms with Gasteiger partial charge in [0.2, 0.25) is 0 Å². The van der Waals surface area contributed by atoms with E-state index in [1.165, 1.54) is 11.3 Å². The number of anilines is 1. The number of hydrogen-bond acceptors (Lipinski definition) is 4. The fourth-order valence-corrected chi connectivity index (χ4v) is 2.73. The van der Waals surface area contributed by atoms with Crippen molar-refractivity contribution in [3.63, 3.8) is 0 Å². The van der Waals surface area contributed by atoms with Crippen LogP contribution in [0.2, 0.25) is 0 Å². The molecular formula is C16H13N3OS. The Morgan fingerprint density at radius 1 is 1.14 bits per heavy atom. The Morgan fingerprint density at radius 3 is 2.67 bits per heavy atom. The minimum Gasteiger partial charge on any atom is -0.306 e. The number of nitrogens with zero attached hydrogens (tertiary/aromatic N) is 2. The molecule has 104 valence electrons. The van der Waals surface area contributed by atoms with Gasteiger partial charge in [0.25, 0.3) is 5.91 Å². The van der Waals surface area contributed by atoms with Gasteiger partial charge in [0.1, 0.15) is 10.8 Å². The Hall–Kier alpha value is -2.53. The minimum absolute atomic E-state index is 0.139. The van der Waals surface area contributed by atoms with Crippen molar-refractivity contribution in [1.29, 1.82) is 0 Å². The van der Waals surface area contributed by atoms with Crippen LogP contribution in [0.15, 0.2) is 54.2 Å². The van der Waals surface area contributed by atoms with Crippen LogP contribution in [0.25, 0.3) is 10.6 Å². The summed E-state index contributed by atoms with van der Waals surface area (Å²) in [5.74, 6) is 0.430. The fraction of sp³-hybridized carbons (Fsp3) is 0.0625. The first kappa shape index (κ1) is 13.5. The van der Waals surface area contributed by atoms with E-state index in [0.29, 0.717) is 11.4 Å². The van der Waals surface area contributed by atoms with E-state index in [4.69, 9.17) is 0 Å². The third-order valence-corrected chi connectivity index (χ3v) is 3.95. The molecule has 4 nitrogen and oxygen atoms in total. The van der Waals surface area contributed by atoms with Gasteiger partial charge in [-0.1, -0.05) is 18.2 Å². The molecule has 0 atom stereocenters. The normalized spacial score (nSPS) is 10.3. The zero-order valence-corrected chi connectivity index (χ0v) is 12.2. The molecule has 0 unspecified atom stereocenters. The maximum absolute atomic E-state index is 12.2. The van der Waals surface area contributed by atoms with Crippen LogP contribution in [0.5, 0.6) is 0 Å². The molecule has 0 aliphatic heterocycles. The highest BCUT2D eigenvalue weighted by Gasteiger charge is 2.11. The van der Waals surface area contributed by atoms with Gasteiger partial charge in [0.05, 0.1) is 0 Å². The number of amides is 1. The van der Waals surface area contributed by atoms with Crippen molar-refractivity contribution in [3.05, 3.63) is 65.3 Å². The Kier molecular flexibility index (Phi) is 3.75. The summed E-state index contributed by atoms with van der Waals surface area (Å²) in [6.07, 6.45) is 3.45. The van der Waals surface area contributed by atoms with E-state index in [1.54, 1.807) is 18.5 Å². The van der Waals surface area contributed by atoms with Crippen LogP contribution < -0.4 is 5.32 Å². The molecule has 2 heterocycles. The van der Waals surface area contributed by atoms with Gasteiger partial charge >= 0.3 is 0 Å². The molecule has 2 aromatic heterocycles. The summed E-state index contributed by atoms with van der Waals surface area (Å²) in [4.78, 5) is 20.6. The molecule has 3 aromatic rings. The van der Waals surface area contributed by atoms with Gasteiger partial charge in [-0.15, -0.1) is 11.3 Å². The average Bonchev–Trinajstić information content (AvgIpc) is 2.97. The standard InChI is InChI=1S/C16H13N3OS/c1-11-4-2-3-5-13(11)15(20)18-14-10-21-16(19-14)12-6-8-17-9-7-12/h2-10H,1H3,(H,18,20). The Bertz CT molecular complexity index is 768. The first-order valence-electron chi connectivity index (χ1n) is 6.47. The van der Waals surface area contributed by atoms with Gasteiger partial charge in [0, 0.05) is 28.9 Å². The molecule has 0 saturated carbocycles. The summed E-state index contributed by atoms with van der Waals surface area (Å²) in [6, 6.07) is 11.3. The lowest BCUT2D eigenvalue weighted by molar-refractivity contribution is 0.102. The van der Waals surface area contributed by atoms with Crippen LogP contribution in [0.4, 0.5) is 5.82 Å². The van der Waals surface area contributed by atoms with Crippen LogP contribution in [0.3, 0.4) is 0 Å². The van der Waals surface area contributed by atoms with Gasteiger partial charge in [-0.05, 0) is 30.7 Å². The topological polar surface area (TPSA) is 54.9 Å². The number of rotatable bonds is 3. The number of aryl methyl sites for hydroxylation is 1. The molecule has 1 N–H and O–H groups in total.